The van der Waals surface area contributed by atoms with Gasteiger partial charge in [-0.25, -0.2) is 4.98 Å². The molecule has 1 amide bonds. The first kappa shape index (κ1) is 12.3. The summed E-state index contributed by atoms with van der Waals surface area (Å²) in [5.74, 6) is 1.68. The van der Waals surface area contributed by atoms with E-state index < -0.39 is 0 Å². The second-order valence-electron chi connectivity index (χ2n) is 4.28. The van der Waals surface area contributed by atoms with Gasteiger partial charge in [0.2, 0.25) is 5.82 Å². The Bertz CT molecular complexity index is 502. The number of furan rings is 1. The van der Waals surface area contributed by atoms with Crippen LogP contribution < -0.4 is 5.32 Å². The van der Waals surface area contributed by atoms with E-state index in [0.29, 0.717) is 18.8 Å². The largest absolute Gasteiger partial charge is 0.469 e. The van der Waals surface area contributed by atoms with E-state index in [1.807, 2.05) is 26.0 Å². The van der Waals surface area contributed by atoms with E-state index in [4.69, 9.17) is 4.42 Å². The minimum atomic E-state index is -0.273. The zero-order valence-corrected chi connectivity index (χ0v) is 10.4. The van der Waals surface area contributed by atoms with Crippen LogP contribution in [0.5, 0.6) is 0 Å². The molecular weight excluding hydrogens is 232 g/mol. The Kier molecular flexibility index (Phi) is 3.76. The molecule has 18 heavy (non-hydrogen) atoms. The molecule has 6 heteroatoms. The van der Waals surface area contributed by atoms with Crippen LogP contribution in [0.3, 0.4) is 0 Å². The van der Waals surface area contributed by atoms with Gasteiger partial charge in [0.05, 0.1) is 6.26 Å². The number of amides is 1. The van der Waals surface area contributed by atoms with Crippen molar-refractivity contribution < 1.29 is 9.21 Å². The Balaban J connectivity index is 1.83. The maximum atomic E-state index is 11.7. The molecular formula is C12H16N4O2. The molecule has 0 saturated heterocycles. The average Bonchev–Trinajstić information content (AvgIpc) is 2.99. The van der Waals surface area contributed by atoms with E-state index in [-0.39, 0.29) is 17.6 Å². The summed E-state index contributed by atoms with van der Waals surface area (Å²) in [6.07, 6.45) is 2.27. The molecule has 6 nitrogen and oxygen atoms in total. The molecule has 0 spiro atoms. The van der Waals surface area contributed by atoms with Gasteiger partial charge in [0.1, 0.15) is 11.6 Å². The molecule has 2 N–H and O–H groups in total. The third-order valence-corrected chi connectivity index (χ3v) is 2.49. The maximum absolute atomic E-state index is 11.7. The Morgan fingerprint density at radius 3 is 3.00 bits per heavy atom. The van der Waals surface area contributed by atoms with Gasteiger partial charge in [0.25, 0.3) is 5.91 Å². The Labute approximate surface area is 105 Å². The van der Waals surface area contributed by atoms with Gasteiger partial charge in [-0.05, 0) is 12.1 Å². The number of hydrogen-bond donors (Lipinski definition) is 2. The van der Waals surface area contributed by atoms with E-state index >= 15 is 0 Å². The highest BCUT2D eigenvalue weighted by atomic mass is 16.3. The van der Waals surface area contributed by atoms with E-state index in [0.717, 1.165) is 5.76 Å². The van der Waals surface area contributed by atoms with Crippen molar-refractivity contribution in [3.8, 4) is 0 Å². The summed E-state index contributed by atoms with van der Waals surface area (Å²) in [5.41, 5.74) is 0. The Morgan fingerprint density at radius 1 is 1.56 bits per heavy atom. The number of H-pyrrole nitrogens is 1. The molecule has 2 aromatic heterocycles. The summed E-state index contributed by atoms with van der Waals surface area (Å²) in [5, 5.41) is 9.38. The Morgan fingerprint density at radius 2 is 2.39 bits per heavy atom. The van der Waals surface area contributed by atoms with Crippen LogP contribution in [0.15, 0.2) is 22.8 Å². The lowest BCUT2D eigenvalue weighted by atomic mass is 10.2. The zero-order valence-electron chi connectivity index (χ0n) is 10.4. The number of aromatic nitrogens is 3. The van der Waals surface area contributed by atoms with Crippen LogP contribution in [0.4, 0.5) is 0 Å². The van der Waals surface area contributed by atoms with Crippen LogP contribution in [0.1, 0.15) is 42.0 Å². The van der Waals surface area contributed by atoms with Gasteiger partial charge in [-0.15, -0.1) is 5.10 Å². The monoisotopic (exact) mass is 248 g/mol. The van der Waals surface area contributed by atoms with Gasteiger partial charge in [0.15, 0.2) is 0 Å². The highest BCUT2D eigenvalue weighted by molar-refractivity contribution is 5.90. The number of nitrogens with one attached hydrogen (secondary N) is 2. The highest BCUT2D eigenvalue weighted by Crippen LogP contribution is 2.07. The molecule has 0 saturated carbocycles. The summed E-state index contributed by atoms with van der Waals surface area (Å²) >= 11 is 0. The van der Waals surface area contributed by atoms with Crippen molar-refractivity contribution in [2.24, 2.45) is 0 Å². The second kappa shape index (κ2) is 5.48. The number of carbonyl (C=O) groups is 1. The molecule has 0 aliphatic heterocycles. The van der Waals surface area contributed by atoms with E-state index in [1.54, 1.807) is 6.26 Å². The quantitative estimate of drug-likeness (QED) is 0.839. The molecule has 0 aliphatic rings. The molecule has 0 aliphatic carbocycles. The van der Waals surface area contributed by atoms with Gasteiger partial charge >= 0.3 is 0 Å². The molecule has 0 radical (unpaired) electrons. The minimum absolute atomic E-state index is 0.179. The van der Waals surface area contributed by atoms with Crippen molar-refractivity contribution in [3.05, 3.63) is 35.8 Å². The van der Waals surface area contributed by atoms with Crippen LogP contribution >= 0.6 is 0 Å². The van der Waals surface area contributed by atoms with Crippen molar-refractivity contribution in [1.82, 2.24) is 20.5 Å². The molecule has 0 aromatic carbocycles. The topological polar surface area (TPSA) is 83.8 Å². The zero-order chi connectivity index (χ0) is 13.0. The SMILES string of the molecule is CC(C)c1nc(C(=O)NCCc2ccco2)n[nH]1. The van der Waals surface area contributed by atoms with Gasteiger partial charge in [-0.2, -0.15) is 0 Å². The lowest BCUT2D eigenvalue weighted by molar-refractivity contribution is 0.0943. The maximum Gasteiger partial charge on any atom is 0.290 e. The molecule has 0 atom stereocenters. The van der Waals surface area contributed by atoms with Gasteiger partial charge in [-0.1, -0.05) is 13.8 Å². The number of rotatable bonds is 5. The van der Waals surface area contributed by atoms with Crippen molar-refractivity contribution in [1.29, 1.82) is 0 Å². The summed E-state index contributed by atoms with van der Waals surface area (Å²) < 4.78 is 5.17. The normalized spacial score (nSPS) is 10.8. The van der Waals surface area contributed by atoms with E-state index in [2.05, 4.69) is 20.5 Å². The molecule has 0 unspecified atom stereocenters. The third kappa shape index (κ3) is 2.97. The predicted octanol–water partition coefficient (Wildman–Crippen LogP) is 1.49. The summed E-state index contributed by atoms with van der Waals surface area (Å²) in [4.78, 5) is 15.8. The number of hydrogen-bond acceptors (Lipinski definition) is 4. The highest BCUT2D eigenvalue weighted by Gasteiger charge is 2.13. The standard InChI is InChI=1S/C12H16N4O2/c1-8(2)10-14-11(16-15-10)12(17)13-6-5-9-4-3-7-18-9/h3-4,7-8H,5-6H2,1-2H3,(H,13,17)(H,14,15,16). The van der Waals surface area contributed by atoms with Crippen LogP contribution in [0.25, 0.3) is 0 Å². The van der Waals surface area contributed by atoms with Crippen molar-refractivity contribution in [2.75, 3.05) is 6.54 Å². The van der Waals surface area contributed by atoms with E-state index in [1.165, 1.54) is 0 Å². The lowest BCUT2D eigenvalue weighted by Gasteiger charge is -2.00. The fourth-order valence-corrected chi connectivity index (χ4v) is 1.47. The van der Waals surface area contributed by atoms with Crippen molar-refractivity contribution >= 4 is 5.91 Å². The van der Waals surface area contributed by atoms with Crippen LogP contribution in [0, 0.1) is 0 Å². The molecule has 96 valence electrons. The summed E-state index contributed by atoms with van der Waals surface area (Å²) in [7, 11) is 0. The summed E-state index contributed by atoms with van der Waals surface area (Å²) in [6, 6.07) is 3.69. The van der Waals surface area contributed by atoms with Crippen LogP contribution in [-0.4, -0.2) is 27.6 Å². The first-order chi connectivity index (χ1) is 8.66. The molecule has 0 bridgehead atoms. The third-order valence-electron chi connectivity index (χ3n) is 2.49. The minimum Gasteiger partial charge on any atom is -0.469 e. The Hall–Kier alpha value is -2.11. The fourth-order valence-electron chi connectivity index (χ4n) is 1.47. The number of carbonyl (C=O) groups excluding carboxylic acids is 1. The predicted molar refractivity (Wildman–Crippen MR) is 65.2 cm³/mol. The first-order valence-electron chi connectivity index (χ1n) is 5.89. The summed E-state index contributed by atoms with van der Waals surface area (Å²) in [6.45, 7) is 4.47. The smallest absolute Gasteiger partial charge is 0.290 e. The van der Waals surface area contributed by atoms with E-state index in [9.17, 15) is 4.79 Å². The number of aromatic amines is 1. The lowest BCUT2D eigenvalue weighted by Crippen LogP contribution is -2.26. The second-order valence-corrected chi connectivity index (χ2v) is 4.28. The van der Waals surface area contributed by atoms with Crippen molar-refractivity contribution in [3.63, 3.8) is 0 Å². The number of nitrogens with zero attached hydrogens (tertiary/aromatic N) is 2. The van der Waals surface area contributed by atoms with Crippen molar-refractivity contribution in [2.45, 2.75) is 26.2 Å². The first-order valence-corrected chi connectivity index (χ1v) is 5.89. The van der Waals surface area contributed by atoms with Gasteiger partial charge in [0, 0.05) is 18.9 Å². The molecule has 2 aromatic rings. The molecule has 2 heterocycles. The van der Waals surface area contributed by atoms with Crippen LogP contribution in [-0.2, 0) is 6.42 Å². The average molecular weight is 248 g/mol. The van der Waals surface area contributed by atoms with Crippen LogP contribution in [0.2, 0.25) is 0 Å². The molecule has 2 rings (SSSR count). The van der Waals surface area contributed by atoms with Gasteiger partial charge in [-0.3, -0.25) is 9.89 Å². The molecule has 0 fully saturated rings. The fraction of sp³-hybridized carbons (Fsp3) is 0.417. The van der Waals surface area contributed by atoms with Gasteiger partial charge < -0.3 is 9.73 Å².